The molecule has 3 aromatic rings. The third-order valence-electron chi connectivity index (χ3n) is 4.43. The van der Waals surface area contributed by atoms with Crippen molar-refractivity contribution in [2.45, 2.75) is 0 Å². The van der Waals surface area contributed by atoms with Crippen molar-refractivity contribution in [2.24, 2.45) is 0 Å². The molecule has 0 radical (unpaired) electrons. The Hall–Kier alpha value is -2.43. The van der Waals surface area contributed by atoms with Crippen LogP contribution in [0.5, 0.6) is 11.5 Å². The molecule has 0 bridgehead atoms. The molecule has 0 spiro atoms. The Labute approximate surface area is 194 Å². The van der Waals surface area contributed by atoms with Gasteiger partial charge in [-0.15, -0.1) is 0 Å². The minimum absolute atomic E-state index is 0.0496. The lowest BCUT2D eigenvalue weighted by Crippen LogP contribution is -2.14. The van der Waals surface area contributed by atoms with E-state index in [0.29, 0.717) is 5.56 Å². The molecule has 0 aliphatic carbocycles. The molecule has 0 aliphatic rings. The van der Waals surface area contributed by atoms with E-state index in [2.05, 4.69) is 0 Å². The van der Waals surface area contributed by atoms with Gasteiger partial charge in [-0.1, -0.05) is 75.8 Å². The highest BCUT2D eigenvalue weighted by Crippen LogP contribution is 2.42. The number of rotatable bonds is 7. The van der Waals surface area contributed by atoms with Crippen molar-refractivity contribution in [3.63, 3.8) is 0 Å². The summed E-state index contributed by atoms with van der Waals surface area (Å²) in [5.41, 5.74) is -0.413. The van der Waals surface area contributed by atoms with Crippen molar-refractivity contribution in [3.8, 4) is 11.5 Å². The number of benzene rings is 3. The molecule has 0 heterocycles. The zero-order chi connectivity index (χ0) is 22.7. The summed E-state index contributed by atoms with van der Waals surface area (Å²) in [6, 6.07) is 14.3. The fourth-order valence-corrected chi connectivity index (χ4v) is 5.37. The van der Waals surface area contributed by atoms with Crippen molar-refractivity contribution in [3.05, 3.63) is 86.4 Å². The zero-order valence-corrected chi connectivity index (χ0v) is 19.5. The van der Waals surface area contributed by atoms with Gasteiger partial charge in [0.25, 0.3) is 5.30 Å². The van der Waals surface area contributed by atoms with Crippen molar-refractivity contribution in [1.82, 2.24) is 0 Å². The Bertz CT molecular complexity index is 1200. The van der Waals surface area contributed by atoms with Crippen LogP contribution in [-0.2, 0) is 4.57 Å². The van der Waals surface area contributed by atoms with E-state index < -0.39 is 19.1 Å². The summed E-state index contributed by atoms with van der Waals surface area (Å²) in [5.74, 6) is -0.349. The molecule has 158 valence electrons. The molecule has 0 amide bonds. The highest BCUT2D eigenvalue weighted by molar-refractivity contribution is 7.72. The third kappa shape index (κ3) is 4.46. The normalized spacial score (nSPS) is 11.1. The molecule has 5 nitrogen and oxygen atoms in total. The Morgan fingerprint density at radius 1 is 0.871 bits per heavy atom. The van der Waals surface area contributed by atoms with E-state index in [1.165, 1.54) is 32.4 Å². The Morgan fingerprint density at radius 2 is 1.55 bits per heavy atom. The lowest BCUT2D eigenvalue weighted by atomic mass is 10.0. The summed E-state index contributed by atoms with van der Waals surface area (Å²) in [5, 5.41) is -0.246. The Morgan fingerprint density at radius 3 is 2.16 bits per heavy atom. The topological polar surface area (TPSA) is 69.7 Å². The van der Waals surface area contributed by atoms with Crippen molar-refractivity contribution >= 4 is 59.2 Å². The van der Waals surface area contributed by atoms with Crippen LogP contribution in [-0.4, -0.2) is 25.5 Å². The second-order valence-corrected chi connectivity index (χ2v) is 8.85. The van der Waals surface area contributed by atoms with Crippen molar-refractivity contribution in [2.75, 3.05) is 14.2 Å². The fourth-order valence-electron chi connectivity index (χ4n) is 2.96. The maximum atomic E-state index is 13.2. The third-order valence-corrected chi connectivity index (χ3v) is 6.99. The van der Waals surface area contributed by atoms with Gasteiger partial charge in [-0.25, -0.2) is 4.79 Å². The first-order valence-corrected chi connectivity index (χ1v) is 11.2. The van der Waals surface area contributed by atoms with Crippen LogP contribution in [0, 0.1) is 0 Å². The van der Waals surface area contributed by atoms with Gasteiger partial charge in [0.2, 0.25) is 0 Å². The quantitative estimate of drug-likeness (QED) is 0.288. The lowest BCUT2D eigenvalue weighted by Gasteiger charge is -2.10. The van der Waals surface area contributed by atoms with Gasteiger partial charge in [0.15, 0.2) is 11.5 Å². The molecule has 31 heavy (non-hydrogen) atoms. The van der Waals surface area contributed by atoms with Gasteiger partial charge in [0.05, 0.1) is 29.3 Å². The van der Waals surface area contributed by atoms with E-state index in [-0.39, 0.29) is 43.0 Å². The molecule has 1 atom stereocenters. The zero-order valence-electron chi connectivity index (χ0n) is 16.3. The summed E-state index contributed by atoms with van der Waals surface area (Å²) in [4.78, 5) is 25.9. The Balaban J connectivity index is 2.13. The largest absolute Gasteiger partial charge is 0.496 e. The first-order chi connectivity index (χ1) is 14.8. The average Bonchev–Trinajstić information content (AvgIpc) is 2.79. The highest BCUT2D eigenvalue weighted by Gasteiger charge is 2.43. The van der Waals surface area contributed by atoms with Crippen LogP contribution in [0.15, 0.2) is 54.6 Å². The van der Waals surface area contributed by atoms with Crippen molar-refractivity contribution in [1.29, 1.82) is 0 Å². The van der Waals surface area contributed by atoms with Crippen LogP contribution in [0.3, 0.4) is 0 Å². The molecule has 0 N–H and O–H groups in total. The number of hydrogen-bond donors (Lipinski definition) is 0. The molecular formula is C22H15Cl3O5P+. The van der Waals surface area contributed by atoms with Crippen LogP contribution in [0.2, 0.25) is 15.1 Å². The van der Waals surface area contributed by atoms with E-state index in [1.54, 1.807) is 36.4 Å². The predicted molar refractivity (Wildman–Crippen MR) is 122 cm³/mol. The van der Waals surface area contributed by atoms with Gasteiger partial charge >= 0.3 is 13.3 Å². The van der Waals surface area contributed by atoms with Crippen LogP contribution >= 0.6 is 42.6 Å². The summed E-state index contributed by atoms with van der Waals surface area (Å²) in [7, 11) is -0.163. The molecule has 0 aromatic heterocycles. The molecule has 0 aliphatic heterocycles. The number of halogens is 3. The minimum atomic E-state index is -2.81. The molecule has 0 saturated heterocycles. The van der Waals surface area contributed by atoms with Crippen molar-refractivity contribution < 1.29 is 23.6 Å². The van der Waals surface area contributed by atoms with Crippen LogP contribution in [0.1, 0.15) is 26.3 Å². The minimum Gasteiger partial charge on any atom is -0.496 e. The molecule has 9 heteroatoms. The summed E-state index contributed by atoms with van der Waals surface area (Å²) < 4.78 is 23.7. The van der Waals surface area contributed by atoms with E-state index in [1.807, 2.05) is 0 Å². The molecule has 1 unspecified atom stereocenters. The van der Waals surface area contributed by atoms with Crippen LogP contribution in [0.25, 0.3) is 0 Å². The first kappa shape index (κ1) is 23.2. The number of hydrogen-bond acceptors (Lipinski definition) is 5. The second-order valence-electron chi connectivity index (χ2n) is 6.21. The first-order valence-electron chi connectivity index (χ1n) is 8.81. The fraction of sp³-hybridized carbons (Fsp3) is 0.0909. The second kappa shape index (κ2) is 9.80. The van der Waals surface area contributed by atoms with Crippen LogP contribution < -0.4 is 14.8 Å². The van der Waals surface area contributed by atoms with Crippen LogP contribution in [0.4, 0.5) is 0 Å². The predicted octanol–water partition coefficient (Wildman–Crippen LogP) is 6.19. The lowest BCUT2D eigenvalue weighted by molar-refractivity contribution is 0.103. The maximum absolute atomic E-state index is 13.2. The van der Waals surface area contributed by atoms with Gasteiger partial charge in [0, 0.05) is 11.1 Å². The number of ketones is 1. The van der Waals surface area contributed by atoms with Gasteiger partial charge in [-0.2, -0.15) is 0 Å². The SMILES string of the molecule is COc1cccc(Cl)c1C(=O)[P+](=O)c1c(Cl)cc(C(=O)c2ccccc2)c(Cl)c1OC. The monoisotopic (exact) mass is 495 g/mol. The van der Waals surface area contributed by atoms with E-state index >= 15 is 0 Å². The number of carbonyl (C=O) groups excluding carboxylic acids is 2. The number of ether oxygens (including phenoxy) is 2. The highest BCUT2D eigenvalue weighted by atomic mass is 35.5. The van der Waals surface area contributed by atoms with Gasteiger partial charge in [0.1, 0.15) is 11.3 Å². The smallest absolute Gasteiger partial charge is 0.464 e. The van der Waals surface area contributed by atoms with E-state index in [4.69, 9.17) is 44.3 Å². The molecule has 0 saturated carbocycles. The molecule has 0 fully saturated rings. The number of methoxy groups -OCH3 is 2. The van der Waals surface area contributed by atoms with Gasteiger partial charge < -0.3 is 9.47 Å². The Kier molecular flexibility index (Phi) is 7.34. The van der Waals surface area contributed by atoms with E-state index in [0.717, 1.165) is 0 Å². The average molecular weight is 497 g/mol. The van der Waals surface area contributed by atoms with Gasteiger partial charge in [-0.3, -0.25) is 4.79 Å². The summed E-state index contributed by atoms with van der Waals surface area (Å²) >= 11 is 18.9. The summed E-state index contributed by atoms with van der Waals surface area (Å²) in [6.45, 7) is 0. The van der Waals surface area contributed by atoms with Gasteiger partial charge in [-0.05, 0) is 18.2 Å². The summed E-state index contributed by atoms with van der Waals surface area (Å²) in [6.07, 6.45) is 0. The molecular weight excluding hydrogens is 482 g/mol. The standard InChI is InChI=1S/C22H15Cl3O5P/c1-29-16-10-6-9-14(23)17(16)22(27)31(28)21-15(24)11-13(18(25)20(21)30-2)19(26)12-7-4-3-5-8-12/h3-11H,1-2H3/q+1. The molecule has 3 aromatic carbocycles. The maximum Gasteiger partial charge on any atom is 0.464 e. The molecule has 3 rings (SSSR count). The van der Waals surface area contributed by atoms with E-state index in [9.17, 15) is 14.2 Å². The number of carbonyl (C=O) groups is 2.